The van der Waals surface area contributed by atoms with Crippen molar-refractivity contribution in [1.29, 1.82) is 0 Å². The molecule has 0 amide bonds. The van der Waals surface area contributed by atoms with Gasteiger partial charge < -0.3 is 5.32 Å². The molecular formula is C16H23ClFN. The van der Waals surface area contributed by atoms with Gasteiger partial charge in [-0.15, -0.1) is 0 Å². The van der Waals surface area contributed by atoms with E-state index in [4.69, 9.17) is 11.6 Å². The van der Waals surface area contributed by atoms with E-state index in [0.29, 0.717) is 10.9 Å². The minimum Gasteiger partial charge on any atom is -0.311 e. The quantitative estimate of drug-likeness (QED) is 0.859. The van der Waals surface area contributed by atoms with Gasteiger partial charge in [-0.25, -0.2) is 4.39 Å². The molecule has 0 spiro atoms. The van der Waals surface area contributed by atoms with Crippen molar-refractivity contribution in [2.75, 3.05) is 6.54 Å². The van der Waals surface area contributed by atoms with E-state index in [1.165, 1.54) is 18.6 Å². The Morgan fingerprint density at radius 1 is 1.42 bits per heavy atom. The molecule has 1 aromatic carbocycles. The van der Waals surface area contributed by atoms with Crippen molar-refractivity contribution >= 4 is 11.6 Å². The van der Waals surface area contributed by atoms with Gasteiger partial charge in [-0.2, -0.15) is 0 Å². The molecule has 1 aliphatic carbocycles. The van der Waals surface area contributed by atoms with Crippen molar-refractivity contribution in [2.24, 2.45) is 5.92 Å². The van der Waals surface area contributed by atoms with Crippen molar-refractivity contribution in [2.45, 2.75) is 51.5 Å². The van der Waals surface area contributed by atoms with Crippen LogP contribution in [0, 0.1) is 11.7 Å². The highest BCUT2D eigenvalue weighted by molar-refractivity contribution is 6.31. The highest BCUT2D eigenvalue weighted by atomic mass is 35.5. The molecule has 0 bridgehead atoms. The maximum Gasteiger partial charge on any atom is 0.124 e. The zero-order valence-corrected chi connectivity index (χ0v) is 12.9. The van der Waals surface area contributed by atoms with Gasteiger partial charge in [0.25, 0.3) is 0 Å². The minimum atomic E-state index is -0.264. The predicted octanol–water partition coefficient (Wildman–Crippen LogP) is 4.53. The highest BCUT2D eigenvalue weighted by Crippen LogP contribution is 2.50. The first-order valence-electron chi connectivity index (χ1n) is 6.95. The summed E-state index contributed by atoms with van der Waals surface area (Å²) in [6.45, 7) is 9.64. The average molecular weight is 284 g/mol. The van der Waals surface area contributed by atoms with E-state index < -0.39 is 0 Å². The standard InChI is InChI=1S/C16H23ClFN/c1-11-7-8-16(11,10-19-15(2,3)4)13-6-5-12(18)9-14(13)17/h5-6,9,11,19H,7-8,10H2,1-4H3. The second kappa shape index (κ2) is 5.06. The molecule has 3 heteroatoms. The zero-order valence-electron chi connectivity index (χ0n) is 12.2. The molecule has 19 heavy (non-hydrogen) atoms. The normalized spacial score (nSPS) is 27.2. The van der Waals surface area contributed by atoms with Crippen LogP contribution in [0.2, 0.25) is 5.02 Å². The number of nitrogens with one attached hydrogen (secondary N) is 1. The molecule has 2 atom stereocenters. The largest absolute Gasteiger partial charge is 0.311 e. The van der Waals surface area contributed by atoms with E-state index in [0.717, 1.165) is 18.5 Å². The number of hydrogen-bond acceptors (Lipinski definition) is 1. The van der Waals surface area contributed by atoms with Crippen LogP contribution in [0.3, 0.4) is 0 Å². The minimum absolute atomic E-state index is 0.0536. The van der Waals surface area contributed by atoms with Gasteiger partial charge in [0.05, 0.1) is 0 Å². The first-order chi connectivity index (χ1) is 8.74. The lowest BCUT2D eigenvalue weighted by atomic mass is 9.57. The fourth-order valence-electron chi connectivity index (χ4n) is 2.86. The van der Waals surface area contributed by atoms with Crippen LogP contribution in [0.1, 0.15) is 46.1 Å². The summed E-state index contributed by atoms with van der Waals surface area (Å²) in [6, 6.07) is 4.81. The third-order valence-electron chi connectivity index (χ3n) is 4.37. The van der Waals surface area contributed by atoms with E-state index in [-0.39, 0.29) is 16.8 Å². The van der Waals surface area contributed by atoms with Gasteiger partial charge in [0.1, 0.15) is 5.82 Å². The molecule has 0 aromatic heterocycles. The zero-order chi connectivity index (χ0) is 14.3. The summed E-state index contributed by atoms with van der Waals surface area (Å²) in [5.74, 6) is 0.310. The van der Waals surface area contributed by atoms with E-state index in [1.807, 2.05) is 6.07 Å². The lowest BCUT2D eigenvalue weighted by Gasteiger charge is -2.50. The number of benzene rings is 1. The molecule has 1 fully saturated rings. The Bertz CT molecular complexity index is 466. The van der Waals surface area contributed by atoms with Gasteiger partial charge >= 0.3 is 0 Å². The topological polar surface area (TPSA) is 12.0 Å². The van der Waals surface area contributed by atoms with Crippen LogP contribution in [0.25, 0.3) is 0 Å². The van der Waals surface area contributed by atoms with Gasteiger partial charge in [-0.3, -0.25) is 0 Å². The molecule has 2 unspecified atom stereocenters. The summed E-state index contributed by atoms with van der Waals surface area (Å²) in [5.41, 5.74) is 1.22. The van der Waals surface area contributed by atoms with Crippen molar-refractivity contribution in [3.8, 4) is 0 Å². The van der Waals surface area contributed by atoms with Gasteiger partial charge in [-0.05, 0) is 57.2 Å². The van der Waals surface area contributed by atoms with Gasteiger partial charge in [-0.1, -0.05) is 24.6 Å². The van der Waals surface area contributed by atoms with E-state index >= 15 is 0 Å². The van der Waals surface area contributed by atoms with Crippen molar-refractivity contribution < 1.29 is 4.39 Å². The summed E-state index contributed by atoms with van der Waals surface area (Å²) in [5, 5.41) is 4.14. The molecule has 2 rings (SSSR count). The van der Waals surface area contributed by atoms with Crippen LogP contribution in [-0.4, -0.2) is 12.1 Å². The Morgan fingerprint density at radius 3 is 2.53 bits per heavy atom. The SMILES string of the molecule is CC1CCC1(CNC(C)(C)C)c1ccc(F)cc1Cl. The smallest absolute Gasteiger partial charge is 0.124 e. The molecule has 1 saturated carbocycles. The van der Waals surface area contributed by atoms with E-state index in [9.17, 15) is 4.39 Å². The highest BCUT2D eigenvalue weighted by Gasteiger charge is 2.46. The summed E-state index contributed by atoms with van der Waals surface area (Å²) in [4.78, 5) is 0. The van der Waals surface area contributed by atoms with Gasteiger partial charge in [0, 0.05) is 22.5 Å². The molecule has 1 aromatic rings. The molecule has 0 aliphatic heterocycles. The van der Waals surface area contributed by atoms with Gasteiger partial charge in [0.2, 0.25) is 0 Å². The molecular weight excluding hydrogens is 261 g/mol. The molecule has 106 valence electrons. The summed E-state index contributed by atoms with van der Waals surface area (Å²) in [6.07, 6.45) is 2.32. The maximum atomic E-state index is 13.2. The average Bonchev–Trinajstić information content (AvgIpc) is 2.28. The Labute approximate surface area is 120 Å². The van der Waals surface area contributed by atoms with Crippen LogP contribution in [0.4, 0.5) is 4.39 Å². The molecule has 0 heterocycles. The Hall–Kier alpha value is -0.600. The fourth-order valence-corrected chi connectivity index (χ4v) is 3.21. The van der Waals surface area contributed by atoms with Crippen molar-refractivity contribution in [1.82, 2.24) is 5.32 Å². The number of hydrogen-bond donors (Lipinski definition) is 1. The number of rotatable bonds is 3. The first kappa shape index (κ1) is 14.8. The summed E-state index contributed by atoms with van der Waals surface area (Å²) < 4.78 is 13.2. The first-order valence-corrected chi connectivity index (χ1v) is 7.33. The second-order valence-corrected chi connectivity index (χ2v) is 7.23. The van der Waals surface area contributed by atoms with Gasteiger partial charge in [0.15, 0.2) is 0 Å². The predicted molar refractivity (Wildman–Crippen MR) is 79.2 cm³/mol. The molecule has 1 N–H and O–H groups in total. The van der Waals surface area contributed by atoms with E-state index in [1.54, 1.807) is 0 Å². The van der Waals surface area contributed by atoms with Crippen LogP contribution in [-0.2, 0) is 5.41 Å². The Morgan fingerprint density at radius 2 is 2.11 bits per heavy atom. The maximum absolute atomic E-state index is 13.2. The second-order valence-electron chi connectivity index (χ2n) is 6.82. The number of halogens is 2. The van der Waals surface area contributed by atoms with Crippen molar-refractivity contribution in [3.05, 3.63) is 34.6 Å². The molecule has 1 nitrogen and oxygen atoms in total. The Kier molecular flexibility index (Phi) is 3.95. The lowest BCUT2D eigenvalue weighted by Crippen LogP contribution is -2.54. The lowest BCUT2D eigenvalue weighted by molar-refractivity contribution is 0.124. The van der Waals surface area contributed by atoms with E-state index in [2.05, 4.69) is 33.0 Å². The summed E-state index contributed by atoms with van der Waals surface area (Å²) >= 11 is 6.27. The van der Waals surface area contributed by atoms with Crippen molar-refractivity contribution in [3.63, 3.8) is 0 Å². The Balaban J connectivity index is 2.29. The third-order valence-corrected chi connectivity index (χ3v) is 4.68. The molecule has 1 aliphatic rings. The molecule has 0 radical (unpaired) electrons. The third kappa shape index (κ3) is 2.95. The summed E-state index contributed by atoms with van der Waals surface area (Å²) in [7, 11) is 0. The van der Waals surface area contributed by atoms with Crippen LogP contribution < -0.4 is 5.32 Å². The van der Waals surface area contributed by atoms with Crippen LogP contribution in [0.15, 0.2) is 18.2 Å². The fraction of sp³-hybridized carbons (Fsp3) is 0.625. The van der Waals surface area contributed by atoms with Crippen LogP contribution >= 0.6 is 11.6 Å². The molecule has 0 saturated heterocycles. The monoisotopic (exact) mass is 283 g/mol. The van der Waals surface area contributed by atoms with Crippen LogP contribution in [0.5, 0.6) is 0 Å².